The lowest BCUT2D eigenvalue weighted by Gasteiger charge is -2.08. The second kappa shape index (κ2) is 3.09. The average molecular weight is 154 g/mol. The molecule has 0 aliphatic rings. The Bertz CT molecular complexity index is 229. The van der Waals surface area contributed by atoms with Gasteiger partial charge in [-0.1, -0.05) is 0 Å². The van der Waals surface area contributed by atoms with Crippen LogP contribution in [0.5, 0.6) is 5.75 Å². The number of H-pyrrole nitrogens is 1. The Morgan fingerprint density at radius 1 is 1.64 bits per heavy atom. The van der Waals surface area contributed by atoms with Crippen LogP contribution in [0.15, 0.2) is 18.5 Å². The van der Waals surface area contributed by atoms with Gasteiger partial charge in [0.05, 0.1) is 0 Å². The van der Waals surface area contributed by atoms with Gasteiger partial charge < -0.3 is 14.6 Å². The normalized spacial score (nSPS) is 9.27. The van der Waals surface area contributed by atoms with Crippen molar-refractivity contribution in [3.63, 3.8) is 0 Å². The third-order valence-electron chi connectivity index (χ3n) is 1.14. The smallest absolute Gasteiger partial charge is 0.409 e. The van der Waals surface area contributed by atoms with Crippen LogP contribution in [0.1, 0.15) is 0 Å². The molecule has 0 radical (unpaired) electrons. The van der Waals surface area contributed by atoms with E-state index in [2.05, 4.69) is 4.98 Å². The summed E-state index contributed by atoms with van der Waals surface area (Å²) in [5.41, 5.74) is 0. The number of carbonyl (C=O) groups excluding carboxylic acids is 1. The molecule has 0 aliphatic carbocycles. The van der Waals surface area contributed by atoms with E-state index < -0.39 is 0 Å². The summed E-state index contributed by atoms with van der Waals surface area (Å²) in [6.07, 6.45) is 2.93. The predicted molar refractivity (Wildman–Crippen MR) is 40.5 cm³/mol. The number of hydrogen-bond acceptors (Lipinski definition) is 2. The molecule has 0 spiro atoms. The van der Waals surface area contributed by atoms with Crippen molar-refractivity contribution in [2.45, 2.75) is 0 Å². The Kier molecular flexibility index (Phi) is 2.15. The Balaban J connectivity index is 2.50. The third-order valence-corrected chi connectivity index (χ3v) is 1.14. The SMILES string of the molecule is CN(C)C(=O)Oc1cc[nH]c1. The largest absolute Gasteiger partial charge is 0.414 e. The van der Waals surface area contributed by atoms with Gasteiger partial charge in [0.1, 0.15) is 5.75 Å². The number of nitrogens with one attached hydrogen (secondary N) is 1. The average Bonchev–Trinajstić information content (AvgIpc) is 2.39. The van der Waals surface area contributed by atoms with E-state index in [4.69, 9.17) is 4.74 Å². The van der Waals surface area contributed by atoms with Gasteiger partial charge in [0.15, 0.2) is 0 Å². The summed E-state index contributed by atoms with van der Waals surface area (Å²) in [7, 11) is 3.27. The summed E-state index contributed by atoms with van der Waals surface area (Å²) >= 11 is 0. The first-order valence-electron chi connectivity index (χ1n) is 3.22. The van der Waals surface area contributed by atoms with Gasteiger partial charge in [0.2, 0.25) is 0 Å². The van der Waals surface area contributed by atoms with Crippen molar-refractivity contribution >= 4 is 6.09 Å². The van der Waals surface area contributed by atoms with Gasteiger partial charge in [-0.15, -0.1) is 0 Å². The van der Waals surface area contributed by atoms with E-state index in [1.807, 2.05) is 0 Å². The van der Waals surface area contributed by atoms with Crippen molar-refractivity contribution in [2.75, 3.05) is 14.1 Å². The zero-order chi connectivity index (χ0) is 8.27. The van der Waals surface area contributed by atoms with Gasteiger partial charge in [-0.05, 0) is 6.07 Å². The topological polar surface area (TPSA) is 45.3 Å². The summed E-state index contributed by atoms with van der Waals surface area (Å²) in [4.78, 5) is 15.0. The van der Waals surface area contributed by atoms with Crippen LogP contribution in [-0.4, -0.2) is 30.1 Å². The molecule has 4 heteroatoms. The van der Waals surface area contributed by atoms with Gasteiger partial charge >= 0.3 is 6.09 Å². The van der Waals surface area contributed by atoms with Crippen LogP contribution >= 0.6 is 0 Å². The van der Waals surface area contributed by atoms with E-state index in [1.54, 1.807) is 32.6 Å². The minimum absolute atomic E-state index is 0.371. The maximum Gasteiger partial charge on any atom is 0.414 e. The first kappa shape index (κ1) is 7.65. The Morgan fingerprint density at radius 3 is 2.82 bits per heavy atom. The fourth-order valence-corrected chi connectivity index (χ4v) is 0.564. The highest BCUT2D eigenvalue weighted by atomic mass is 16.6. The minimum Gasteiger partial charge on any atom is -0.409 e. The summed E-state index contributed by atoms with van der Waals surface area (Å²) < 4.78 is 4.87. The maximum atomic E-state index is 10.9. The van der Waals surface area contributed by atoms with E-state index >= 15 is 0 Å². The molecule has 0 bridgehead atoms. The quantitative estimate of drug-likeness (QED) is 0.657. The van der Waals surface area contributed by atoms with Crippen molar-refractivity contribution in [3.8, 4) is 5.75 Å². The standard InChI is InChI=1S/C7H10N2O2/c1-9(2)7(10)11-6-3-4-8-5-6/h3-5,8H,1-2H3. The summed E-state index contributed by atoms with van der Waals surface area (Å²) in [6.45, 7) is 0. The number of aromatic amines is 1. The van der Waals surface area contributed by atoms with E-state index in [9.17, 15) is 4.79 Å². The fourth-order valence-electron chi connectivity index (χ4n) is 0.564. The van der Waals surface area contributed by atoms with Crippen molar-refractivity contribution in [2.24, 2.45) is 0 Å². The molecule has 0 saturated carbocycles. The lowest BCUT2D eigenvalue weighted by Crippen LogP contribution is -2.25. The molecule has 0 aliphatic heterocycles. The number of aromatic nitrogens is 1. The van der Waals surface area contributed by atoms with E-state index in [0.29, 0.717) is 5.75 Å². The third kappa shape index (κ3) is 2.00. The molecular weight excluding hydrogens is 144 g/mol. The summed E-state index contributed by atoms with van der Waals surface area (Å²) in [5.74, 6) is 0.531. The first-order valence-corrected chi connectivity index (χ1v) is 3.22. The van der Waals surface area contributed by atoms with Gasteiger partial charge in [-0.25, -0.2) is 4.79 Å². The Hall–Kier alpha value is -1.45. The Labute approximate surface area is 64.8 Å². The maximum absolute atomic E-state index is 10.9. The number of nitrogens with zero attached hydrogens (tertiary/aromatic N) is 1. The van der Waals surface area contributed by atoms with Crippen LogP contribution in [0.2, 0.25) is 0 Å². The predicted octanol–water partition coefficient (Wildman–Crippen LogP) is 1.08. The molecule has 11 heavy (non-hydrogen) atoms. The second-order valence-corrected chi connectivity index (χ2v) is 2.31. The number of ether oxygens (including phenoxy) is 1. The number of amides is 1. The van der Waals surface area contributed by atoms with Crippen LogP contribution in [0.25, 0.3) is 0 Å². The molecule has 0 fully saturated rings. The monoisotopic (exact) mass is 154 g/mol. The molecule has 1 N–H and O–H groups in total. The molecule has 0 atom stereocenters. The van der Waals surface area contributed by atoms with Crippen molar-refractivity contribution in [1.82, 2.24) is 9.88 Å². The Morgan fingerprint density at radius 2 is 2.36 bits per heavy atom. The van der Waals surface area contributed by atoms with E-state index in [-0.39, 0.29) is 6.09 Å². The fraction of sp³-hybridized carbons (Fsp3) is 0.286. The van der Waals surface area contributed by atoms with Crippen molar-refractivity contribution in [1.29, 1.82) is 0 Å². The highest BCUT2D eigenvalue weighted by molar-refractivity contribution is 5.69. The molecule has 0 unspecified atom stereocenters. The molecule has 4 nitrogen and oxygen atoms in total. The van der Waals surface area contributed by atoms with Crippen molar-refractivity contribution < 1.29 is 9.53 Å². The van der Waals surface area contributed by atoms with E-state index in [0.717, 1.165) is 0 Å². The lowest BCUT2D eigenvalue weighted by atomic mass is 10.6. The van der Waals surface area contributed by atoms with Crippen LogP contribution in [0, 0.1) is 0 Å². The molecule has 0 aromatic carbocycles. The highest BCUT2D eigenvalue weighted by Gasteiger charge is 2.05. The summed E-state index contributed by atoms with van der Waals surface area (Å²) in [6, 6.07) is 1.68. The van der Waals surface area contributed by atoms with Crippen LogP contribution in [0.3, 0.4) is 0 Å². The van der Waals surface area contributed by atoms with Crippen LogP contribution < -0.4 is 4.74 Å². The molecule has 1 amide bonds. The number of rotatable bonds is 1. The summed E-state index contributed by atoms with van der Waals surface area (Å²) in [5, 5.41) is 0. The zero-order valence-corrected chi connectivity index (χ0v) is 6.50. The zero-order valence-electron chi connectivity index (χ0n) is 6.50. The number of hydrogen-bond donors (Lipinski definition) is 1. The van der Waals surface area contributed by atoms with E-state index in [1.165, 1.54) is 4.90 Å². The molecule has 1 rings (SSSR count). The van der Waals surface area contributed by atoms with Gasteiger partial charge in [0.25, 0.3) is 0 Å². The van der Waals surface area contributed by atoms with Gasteiger partial charge in [0, 0.05) is 26.5 Å². The number of carbonyl (C=O) groups is 1. The van der Waals surface area contributed by atoms with Crippen molar-refractivity contribution in [3.05, 3.63) is 18.5 Å². The molecule has 60 valence electrons. The van der Waals surface area contributed by atoms with Crippen LogP contribution in [-0.2, 0) is 0 Å². The molecule has 0 saturated heterocycles. The first-order chi connectivity index (χ1) is 5.20. The van der Waals surface area contributed by atoms with Gasteiger partial charge in [-0.2, -0.15) is 0 Å². The lowest BCUT2D eigenvalue weighted by molar-refractivity contribution is 0.172. The second-order valence-electron chi connectivity index (χ2n) is 2.31. The molecular formula is C7H10N2O2. The molecule has 1 aromatic rings. The minimum atomic E-state index is -0.371. The van der Waals surface area contributed by atoms with Gasteiger partial charge in [-0.3, -0.25) is 0 Å². The highest BCUT2D eigenvalue weighted by Crippen LogP contribution is 2.07. The van der Waals surface area contributed by atoms with Crippen LogP contribution in [0.4, 0.5) is 4.79 Å². The molecule has 1 aromatic heterocycles. The molecule has 1 heterocycles.